The summed E-state index contributed by atoms with van der Waals surface area (Å²) in [5.41, 5.74) is 5.46. The highest BCUT2D eigenvalue weighted by Crippen LogP contribution is 2.37. The van der Waals surface area contributed by atoms with E-state index in [1.165, 1.54) is 10.9 Å². The van der Waals surface area contributed by atoms with Crippen LogP contribution in [0.15, 0.2) is 128 Å². The normalized spacial score (nSPS) is 21.4. The van der Waals surface area contributed by atoms with Crippen molar-refractivity contribution in [2.75, 3.05) is 125 Å². The fourth-order valence-electron chi connectivity index (χ4n) is 10.3. The molecule has 87 heavy (non-hydrogen) atoms. The van der Waals surface area contributed by atoms with Crippen LogP contribution in [0, 0.1) is 5.92 Å². The smallest absolute Gasteiger partial charge is 0.399 e. The molecule has 6 fully saturated rings. The van der Waals surface area contributed by atoms with Crippen LogP contribution in [0.25, 0.3) is 22.2 Å². The predicted molar refractivity (Wildman–Crippen MR) is 361 cm³/mol. The Morgan fingerprint density at radius 2 is 0.943 bits per heavy atom. The fraction of sp³-hybridized carbons (Fsp3) is 0.483. The van der Waals surface area contributed by atoms with Crippen molar-refractivity contribution in [2.24, 2.45) is 13.0 Å². The number of aliphatic hydroxyl groups excluding tert-OH is 1. The summed E-state index contributed by atoms with van der Waals surface area (Å²) in [6.07, 6.45) is 5.22. The van der Waals surface area contributed by atoms with E-state index >= 15 is 0 Å². The summed E-state index contributed by atoms with van der Waals surface area (Å²) in [6, 6.07) is 33.7. The number of aliphatic hydroxyl groups is 1. The molecule has 0 bridgehead atoms. The van der Waals surface area contributed by atoms with Crippen LogP contribution in [0.5, 0.6) is 0 Å². The summed E-state index contributed by atoms with van der Waals surface area (Å²) in [6.45, 7) is 12.9. The molecule has 6 aromatic rings. The number of hydrogen-bond acceptors (Lipinski definition) is 18. The molecular weight excluding hydrogens is 1390 g/mol. The number of benzene rings is 4. The molecule has 2 aromatic heterocycles. The third-order valence-corrected chi connectivity index (χ3v) is 24.7. The minimum Gasteiger partial charge on any atom is -0.399 e. The van der Waals surface area contributed by atoms with E-state index < -0.39 is 39.3 Å². The van der Waals surface area contributed by atoms with Gasteiger partial charge in [0.2, 0.25) is 0 Å². The number of nitrogens with zero attached hydrogens (tertiary/aromatic N) is 7. The number of rotatable bonds is 7. The van der Waals surface area contributed by atoms with E-state index in [0.717, 1.165) is 79.4 Å². The molecule has 6 aliphatic heterocycles. The molecular formula is C60H77BBr3N7O12S4. The zero-order valence-electron chi connectivity index (χ0n) is 49.7. The van der Waals surface area contributed by atoms with Gasteiger partial charge in [-0.05, 0) is 131 Å². The second kappa shape index (κ2) is 29.2. The Labute approximate surface area is 538 Å². The maximum absolute atomic E-state index is 12.9. The number of pyridine rings is 1. The van der Waals surface area contributed by atoms with Crippen LogP contribution in [0.1, 0.15) is 53.4 Å². The molecule has 6 saturated heterocycles. The van der Waals surface area contributed by atoms with E-state index in [0.29, 0.717) is 74.0 Å². The Kier molecular flexibility index (Phi) is 23.0. The van der Waals surface area contributed by atoms with Crippen molar-refractivity contribution in [2.45, 2.75) is 64.6 Å². The molecule has 19 nitrogen and oxygen atoms in total. The maximum Gasteiger partial charge on any atom is 0.494 e. The molecule has 6 aliphatic rings. The lowest BCUT2D eigenvalue weighted by Gasteiger charge is -2.32. The number of sulfone groups is 4. The summed E-state index contributed by atoms with van der Waals surface area (Å²) >= 11 is 10.0. The van der Waals surface area contributed by atoms with Crippen LogP contribution in [-0.4, -0.2) is 177 Å². The van der Waals surface area contributed by atoms with Gasteiger partial charge >= 0.3 is 7.12 Å². The molecule has 12 rings (SSSR count). The van der Waals surface area contributed by atoms with Crippen molar-refractivity contribution in [3.63, 3.8) is 0 Å². The van der Waals surface area contributed by atoms with Crippen molar-refractivity contribution in [1.29, 1.82) is 0 Å². The van der Waals surface area contributed by atoms with Gasteiger partial charge in [0, 0.05) is 108 Å². The molecule has 27 heteroatoms. The third-order valence-electron chi connectivity index (χ3n) is 16.5. The van der Waals surface area contributed by atoms with Gasteiger partial charge in [0.25, 0.3) is 5.56 Å². The Morgan fingerprint density at radius 3 is 1.33 bits per heavy atom. The molecule has 0 saturated carbocycles. The minimum atomic E-state index is -2.93. The highest BCUT2D eigenvalue weighted by molar-refractivity contribution is 9.11. The second-order valence-electron chi connectivity index (χ2n) is 23.4. The number of halogens is 3. The lowest BCUT2D eigenvalue weighted by molar-refractivity contribution is 0.00578. The van der Waals surface area contributed by atoms with Gasteiger partial charge in [-0.25, -0.2) is 43.6 Å². The Hall–Kier alpha value is -4.45. The Bertz CT molecular complexity index is 3760. The van der Waals surface area contributed by atoms with Crippen LogP contribution in [0.2, 0.25) is 0 Å². The van der Waals surface area contributed by atoms with Gasteiger partial charge in [-0.1, -0.05) is 78.5 Å². The first kappa shape index (κ1) is 68.5. The molecule has 0 aliphatic carbocycles. The summed E-state index contributed by atoms with van der Waals surface area (Å²) in [4.78, 5) is 30.7. The predicted octanol–water partition coefficient (Wildman–Crippen LogP) is 7.75. The molecule has 0 amide bonds. The van der Waals surface area contributed by atoms with Crippen LogP contribution >= 0.6 is 47.8 Å². The fourth-order valence-corrected chi connectivity index (χ4v) is 16.2. The van der Waals surface area contributed by atoms with Crippen molar-refractivity contribution in [3.8, 4) is 11.3 Å². The van der Waals surface area contributed by atoms with Gasteiger partial charge in [-0.2, -0.15) is 0 Å². The quantitative estimate of drug-likeness (QED) is 0.150. The van der Waals surface area contributed by atoms with Crippen molar-refractivity contribution in [1.82, 2.24) is 14.5 Å². The lowest BCUT2D eigenvalue weighted by Crippen LogP contribution is -2.41. The first-order valence-corrected chi connectivity index (χ1v) is 38.7. The molecule has 472 valence electrons. The second-order valence-corrected chi connectivity index (χ2v) is 35.4. The van der Waals surface area contributed by atoms with Gasteiger partial charge < -0.3 is 38.6 Å². The van der Waals surface area contributed by atoms with Crippen molar-refractivity contribution in [3.05, 3.63) is 133 Å². The molecule has 8 heterocycles. The Morgan fingerprint density at radius 1 is 0.552 bits per heavy atom. The molecule has 4 aromatic carbocycles. The zero-order chi connectivity index (χ0) is 63.0. The molecule has 0 spiro atoms. The zero-order valence-corrected chi connectivity index (χ0v) is 57.8. The lowest BCUT2D eigenvalue weighted by atomic mass is 9.79. The number of aromatic nitrogens is 3. The van der Waals surface area contributed by atoms with E-state index in [-0.39, 0.29) is 70.9 Å². The van der Waals surface area contributed by atoms with Gasteiger partial charge in [0.15, 0.2) is 29.5 Å². The molecule has 1 atom stereocenters. The van der Waals surface area contributed by atoms with Crippen LogP contribution in [0.4, 0.5) is 22.9 Å². The molecule has 1 N–H and O–H groups in total. The third kappa shape index (κ3) is 19.1. The Balaban J connectivity index is 0.000000157. The van der Waals surface area contributed by atoms with Crippen molar-refractivity contribution < 1.29 is 48.1 Å². The maximum atomic E-state index is 12.9. The summed E-state index contributed by atoms with van der Waals surface area (Å²) in [7, 11) is -9.83. The number of hydrogen-bond donors (Lipinski definition) is 1. The van der Waals surface area contributed by atoms with Gasteiger partial charge in [-0.15, -0.1) is 0 Å². The van der Waals surface area contributed by atoms with E-state index in [1.807, 2.05) is 131 Å². The molecule has 0 unspecified atom stereocenters. The SMILES string of the molecule is Brc1ccc(Br)cc1.CC1(C)OB(c2ccc(N3CCS(=O)(=O)CC3)cc2)OC1(C)C.Cn1cnc2cc(-c3ccc(N4CCS(=O)(=O)CC4)cc3)nc(N3CC[C@H](CO)C3)c2c1=O.O=S1(=O)CCCCC1.O=S1(=O)CCN(c2ccc(Br)cc2)CC1. The van der Waals surface area contributed by atoms with Crippen LogP contribution < -0.4 is 30.6 Å². The monoisotopic (exact) mass is 1460 g/mol. The van der Waals surface area contributed by atoms with Gasteiger partial charge in [-0.3, -0.25) is 4.79 Å². The van der Waals surface area contributed by atoms with Crippen LogP contribution in [0.3, 0.4) is 0 Å². The van der Waals surface area contributed by atoms with Crippen LogP contribution in [-0.2, 0) is 55.7 Å². The number of fused-ring (bicyclic) bond motifs is 1. The highest BCUT2D eigenvalue weighted by Gasteiger charge is 2.51. The average Bonchev–Trinajstić information content (AvgIpc) is 1.89. The standard InChI is InChI=1S/C23H27N5O4S.C16H24BNO4S.C10H12BrNO2S.C6H4Br2.C5H10O2S/c1-26-15-24-20-12-19(25-22(21(20)23(26)30)28-7-6-16(13-28)14-29)17-2-4-18(5-3-17)27-8-10-33(31,32)11-9-27;1-15(2)16(3,4)22-17(21-15)13-5-7-14(8-6-13)18-9-11-23(19,20)12-10-18;11-9-1-3-10(4-2-9)12-5-7-15(13,14)8-6-12;7-5-1-2-6(8)4-3-5;6-8(7)4-2-1-3-5-8/h2-5,12,15-16,29H,6-11,13-14H2,1H3;5-8H,9-12H2,1-4H3;1-4H,5-8H2;1-4H;1-5H2/t16-;;;;/m0..../s1. The number of aryl methyl sites for hydroxylation is 1. The van der Waals surface area contributed by atoms with Gasteiger partial charge in [0.05, 0.1) is 74.8 Å². The summed E-state index contributed by atoms with van der Waals surface area (Å²) in [5.74, 6) is 2.96. The first-order chi connectivity index (χ1) is 41.0. The summed E-state index contributed by atoms with van der Waals surface area (Å²) in [5, 5.41) is 10.1. The van der Waals surface area contributed by atoms with E-state index in [2.05, 4.69) is 72.4 Å². The topological polar surface area (TPSA) is 236 Å². The van der Waals surface area contributed by atoms with E-state index in [9.17, 15) is 43.6 Å². The first-order valence-electron chi connectivity index (χ1n) is 29.0. The summed E-state index contributed by atoms with van der Waals surface area (Å²) < 4.78 is 107. The van der Waals surface area contributed by atoms with E-state index in [1.54, 1.807) is 7.05 Å². The molecule has 0 radical (unpaired) electrons. The van der Waals surface area contributed by atoms with E-state index in [4.69, 9.17) is 14.3 Å². The number of anilines is 4. The van der Waals surface area contributed by atoms with Crippen molar-refractivity contribution >= 4 is 134 Å². The highest BCUT2D eigenvalue weighted by atomic mass is 79.9. The largest absolute Gasteiger partial charge is 0.494 e. The average molecular weight is 1470 g/mol. The van der Waals surface area contributed by atoms with Gasteiger partial charge in [0.1, 0.15) is 21.0 Å². The minimum absolute atomic E-state index is 0.115.